The van der Waals surface area contributed by atoms with Crippen molar-refractivity contribution in [3.63, 3.8) is 0 Å². The molecule has 2 heteroatoms. The number of carbonyl (C=O) groups excluding carboxylic acids is 1. The van der Waals surface area contributed by atoms with Gasteiger partial charge in [-0.25, -0.2) is 0 Å². The van der Waals surface area contributed by atoms with Crippen LogP contribution < -0.4 is 5.32 Å². The molecule has 0 saturated heterocycles. The molecule has 0 radical (unpaired) electrons. The zero-order valence-corrected chi connectivity index (χ0v) is 10.8. The van der Waals surface area contributed by atoms with Crippen LogP contribution in [0.5, 0.6) is 0 Å². The molecule has 15 heavy (non-hydrogen) atoms. The maximum absolute atomic E-state index is 11.9. The largest absolute Gasteiger partial charge is 0.353 e. The fraction of sp³-hybridized carbons (Fsp3) is 0.769. The molecule has 0 spiro atoms. The average Bonchev–Trinajstić information content (AvgIpc) is 2.01. The molecule has 0 heterocycles. The smallest absolute Gasteiger partial charge is 0.225 e. The summed E-state index contributed by atoms with van der Waals surface area (Å²) in [6, 6.07) is 0.172. The van der Waals surface area contributed by atoms with Crippen LogP contribution in [0, 0.1) is 23.2 Å². The van der Waals surface area contributed by atoms with Crippen LogP contribution in [0.25, 0.3) is 0 Å². The molecule has 1 N–H and O–H groups in total. The molecule has 0 atom stereocenters. The monoisotopic (exact) mass is 209 g/mol. The lowest BCUT2D eigenvalue weighted by molar-refractivity contribution is -0.131. The van der Waals surface area contributed by atoms with Gasteiger partial charge in [0.1, 0.15) is 0 Å². The fourth-order valence-corrected chi connectivity index (χ4v) is 1.69. The third-order valence-corrected chi connectivity index (χ3v) is 2.31. The number of hydrogen-bond acceptors (Lipinski definition) is 1. The van der Waals surface area contributed by atoms with Crippen LogP contribution >= 0.6 is 0 Å². The highest BCUT2D eigenvalue weighted by atomic mass is 16.2. The van der Waals surface area contributed by atoms with Crippen molar-refractivity contribution in [2.45, 2.75) is 54.0 Å². The second kappa shape index (κ2) is 4.70. The Kier molecular flexibility index (Phi) is 4.40. The van der Waals surface area contributed by atoms with E-state index in [9.17, 15) is 4.79 Å². The van der Waals surface area contributed by atoms with E-state index in [1.54, 1.807) is 0 Å². The highest BCUT2D eigenvalue weighted by Crippen LogP contribution is 2.33. The summed E-state index contributed by atoms with van der Waals surface area (Å²) in [6.07, 6.45) is 6.12. The zero-order valence-electron chi connectivity index (χ0n) is 10.8. The molecule has 0 aromatic heterocycles. The number of terminal acetylenes is 1. The summed E-state index contributed by atoms with van der Waals surface area (Å²) in [6.45, 7) is 11.8. The Hall–Kier alpha value is -0.970. The topological polar surface area (TPSA) is 29.1 Å². The van der Waals surface area contributed by atoms with E-state index in [1.165, 1.54) is 0 Å². The van der Waals surface area contributed by atoms with Gasteiger partial charge in [-0.2, -0.15) is 0 Å². The second-order valence-electron chi connectivity index (χ2n) is 5.72. The van der Waals surface area contributed by atoms with Crippen molar-refractivity contribution >= 4 is 5.91 Å². The lowest BCUT2D eigenvalue weighted by Gasteiger charge is -2.31. The van der Waals surface area contributed by atoms with E-state index >= 15 is 0 Å². The molecule has 0 bridgehead atoms. The van der Waals surface area contributed by atoms with E-state index in [2.05, 4.69) is 11.2 Å². The van der Waals surface area contributed by atoms with Crippen molar-refractivity contribution in [1.29, 1.82) is 0 Å². The van der Waals surface area contributed by atoms with Gasteiger partial charge >= 0.3 is 0 Å². The van der Waals surface area contributed by atoms with Crippen molar-refractivity contribution in [1.82, 2.24) is 5.32 Å². The third kappa shape index (κ3) is 4.88. The Morgan fingerprint density at radius 1 is 1.33 bits per heavy atom. The van der Waals surface area contributed by atoms with Crippen molar-refractivity contribution in [3.05, 3.63) is 0 Å². The van der Waals surface area contributed by atoms with Gasteiger partial charge in [-0.1, -0.05) is 13.8 Å². The van der Waals surface area contributed by atoms with Gasteiger partial charge in [0.2, 0.25) is 5.91 Å². The van der Waals surface area contributed by atoms with E-state index in [1.807, 2.05) is 41.5 Å². The van der Waals surface area contributed by atoms with Crippen LogP contribution in [0.3, 0.4) is 0 Å². The molecule has 0 fully saturated rings. The minimum atomic E-state index is -0.417. The quantitative estimate of drug-likeness (QED) is 0.708. The van der Waals surface area contributed by atoms with Crippen LogP contribution in [0.1, 0.15) is 48.0 Å². The maximum atomic E-state index is 11.9. The Balaban J connectivity index is 4.56. The Morgan fingerprint density at radius 3 is 2.13 bits per heavy atom. The van der Waals surface area contributed by atoms with Gasteiger partial charge in [0, 0.05) is 16.9 Å². The molecule has 0 aliphatic heterocycles. The Labute approximate surface area is 93.8 Å². The summed E-state index contributed by atoms with van der Waals surface area (Å²) in [5.74, 6) is 2.80. The van der Waals surface area contributed by atoms with Crippen molar-refractivity contribution in [2.75, 3.05) is 0 Å². The highest BCUT2D eigenvalue weighted by molar-refractivity contribution is 5.82. The van der Waals surface area contributed by atoms with Gasteiger partial charge in [-0.05, 0) is 34.1 Å². The fourth-order valence-electron chi connectivity index (χ4n) is 1.69. The number of hydrogen-bond donors (Lipinski definition) is 1. The van der Waals surface area contributed by atoms with Crippen molar-refractivity contribution in [3.8, 4) is 12.3 Å². The summed E-state index contributed by atoms with van der Waals surface area (Å²) < 4.78 is 0. The van der Waals surface area contributed by atoms with Crippen LogP contribution in [0.15, 0.2) is 0 Å². The first-order valence-corrected chi connectivity index (χ1v) is 5.39. The first-order valence-electron chi connectivity index (χ1n) is 5.39. The lowest BCUT2D eigenvalue weighted by atomic mass is 9.75. The van der Waals surface area contributed by atoms with E-state index in [-0.39, 0.29) is 17.4 Å². The molecule has 0 aromatic rings. The number of rotatable bonds is 4. The Morgan fingerprint density at radius 2 is 1.80 bits per heavy atom. The molecule has 0 unspecified atom stereocenters. The first-order chi connectivity index (χ1) is 6.60. The minimum Gasteiger partial charge on any atom is -0.353 e. The van der Waals surface area contributed by atoms with Gasteiger partial charge < -0.3 is 5.32 Å². The predicted molar refractivity (Wildman–Crippen MR) is 64.3 cm³/mol. The van der Waals surface area contributed by atoms with Crippen LogP contribution in [0.4, 0.5) is 0 Å². The third-order valence-electron chi connectivity index (χ3n) is 2.31. The highest BCUT2D eigenvalue weighted by Gasteiger charge is 2.33. The van der Waals surface area contributed by atoms with Crippen molar-refractivity contribution in [2.24, 2.45) is 10.8 Å². The number of amides is 1. The summed E-state index contributed by atoms with van der Waals surface area (Å²) >= 11 is 0. The Bertz CT molecular complexity index is 269. The molecule has 0 aliphatic rings. The van der Waals surface area contributed by atoms with Gasteiger partial charge in [0.05, 0.1) is 0 Å². The molecule has 2 nitrogen and oxygen atoms in total. The van der Waals surface area contributed by atoms with E-state index in [0.29, 0.717) is 6.42 Å². The lowest BCUT2D eigenvalue weighted by Crippen LogP contribution is -2.42. The standard InChI is InChI=1S/C13H23NO/c1-8-12(4,5)9-13(6,7)11(15)14-10(2)3/h1,10H,9H2,2-7H3,(H,14,15). The molecule has 0 saturated carbocycles. The molecule has 0 aliphatic carbocycles. The second-order valence-corrected chi connectivity index (χ2v) is 5.72. The molecule has 0 aromatic carbocycles. The zero-order chi connectivity index (χ0) is 12.3. The minimum absolute atomic E-state index is 0.0702. The normalized spacial score (nSPS) is 12.4. The summed E-state index contributed by atoms with van der Waals surface area (Å²) in [5.41, 5.74) is -0.655. The van der Waals surface area contributed by atoms with Gasteiger partial charge in [-0.15, -0.1) is 12.3 Å². The summed E-state index contributed by atoms with van der Waals surface area (Å²) in [7, 11) is 0. The molecule has 1 amide bonds. The van der Waals surface area contributed by atoms with Crippen LogP contribution in [-0.2, 0) is 4.79 Å². The van der Waals surface area contributed by atoms with Gasteiger partial charge in [0.15, 0.2) is 0 Å². The predicted octanol–water partition coefficient (Wildman–Crippen LogP) is 2.59. The molecular formula is C13H23NO. The van der Waals surface area contributed by atoms with E-state index < -0.39 is 5.41 Å². The SMILES string of the molecule is C#CC(C)(C)CC(C)(C)C(=O)NC(C)C. The van der Waals surface area contributed by atoms with E-state index in [4.69, 9.17) is 6.42 Å². The molecular weight excluding hydrogens is 186 g/mol. The summed E-state index contributed by atoms with van der Waals surface area (Å²) in [4.78, 5) is 11.9. The van der Waals surface area contributed by atoms with Crippen LogP contribution in [-0.4, -0.2) is 11.9 Å². The number of carbonyl (C=O) groups is 1. The van der Waals surface area contributed by atoms with Crippen LogP contribution in [0.2, 0.25) is 0 Å². The van der Waals surface area contributed by atoms with E-state index in [0.717, 1.165) is 0 Å². The maximum Gasteiger partial charge on any atom is 0.225 e. The van der Waals surface area contributed by atoms with Gasteiger partial charge in [0.25, 0.3) is 0 Å². The average molecular weight is 209 g/mol. The molecule has 0 rings (SSSR count). The van der Waals surface area contributed by atoms with Gasteiger partial charge in [-0.3, -0.25) is 4.79 Å². The molecule has 86 valence electrons. The van der Waals surface area contributed by atoms with Crippen molar-refractivity contribution < 1.29 is 4.79 Å². The number of nitrogens with one attached hydrogen (secondary N) is 1. The first kappa shape index (κ1) is 14.0. The summed E-state index contributed by atoms with van der Waals surface area (Å²) in [5, 5.41) is 2.92.